The Bertz CT molecular complexity index is 524. The van der Waals surface area contributed by atoms with E-state index in [-0.39, 0.29) is 5.02 Å². The quantitative estimate of drug-likeness (QED) is 0.675. The third kappa shape index (κ3) is 3.39. The van der Waals surface area contributed by atoms with Crippen LogP contribution in [0.25, 0.3) is 0 Å². The molecule has 1 aliphatic heterocycles. The molecule has 0 amide bonds. The average Bonchev–Trinajstić information content (AvgIpc) is 2.44. The van der Waals surface area contributed by atoms with Gasteiger partial charge in [-0.2, -0.15) is 13.2 Å². The molecular weight excluding hydrogens is 308 g/mol. The van der Waals surface area contributed by atoms with Crippen LogP contribution in [0.4, 0.5) is 17.6 Å². The minimum Gasteiger partial charge on any atom is -0.314 e. The van der Waals surface area contributed by atoms with Gasteiger partial charge in [0.1, 0.15) is 5.82 Å². The summed E-state index contributed by atoms with van der Waals surface area (Å²) in [5.41, 5.74) is -1.46. The number of hydrogen-bond donors (Lipinski definition) is 1. The van der Waals surface area contributed by atoms with E-state index in [1.54, 1.807) is 4.90 Å². The second-order valence-corrected chi connectivity index (χ2v) is 5.19. The standard InChI is InChI=1S/C14H15ClF4N2/c1-2-11(21-7-5-20-6-8-21)12-9(14(17,18)19)3-4-10(15)13(12)16/h2-4,11,20H,1,5-8H2/t11-/m0/s1. The van der Waals surface area contributed by atoms with Crippen LogP contribution in [0.2, 0.25) is 5.02 Å². The zero-order valence-electron chi connectivity index (χ0n) is 11.2. The number of nitrogens with zero attached hydrogens (tertiary/aromatic N) is 1. The van der Waals surface area contributed by atoms with Crippen molar-refractivity contribution in [1.82, 2.24) is 10.2 Å². The molecule has 116 valence electrons. The molecule has 7 heteroatoms. The lowest BCUT2D eigenvalue weighted by Gasteiger charge is -2.34. The Balaban J connectivity index is 2.53. The van der Waals surface area contributed by atoms with Gasteiger partial charge in [0, 0.05) is 31.7 Å². The highest BCUT2D eigenvalue weighted by Crippen LogP contribution is 2.40. The Morgan fingerprint density at radius 2 is 1.90 bits per heavy atom. The summed E-state index contributed by atoms with van der Waals surface area (Å²) < 4.78 is 53.7. The van der Waals surface area contributed by atoms with Crippen molar-refractivity contribution in [2.45, 2.75) is 12.2 Å². The van der Waals surface area contributed by atoms with Crippen molar-refractivity contribution in [3.8, 4) is 0 Å². The molecule has 0 radical (unpaired) electrons. The van der Waals surface area contributed by atoms with E-state index in [0.29, 0.717) is 26.2 Å². The molecule has 2 rings (SSSR count). The van der Waals surface area contributed by atoms with E-state index < -0.39 is 29.2 Å². The predicted molar refractivity (Wildman–Crippen MR) is 73.8 cm³/mol. The van der Waals surface area contributed by atoms with Crippen LogP contribution in [0.5, 0.6) is 0 Å². The Morgan fingerprint density at radius 3 is 2.43 bits per heavy atom. The summed E-state index contributed by atoms with van der Waals surface area (Å²) in [7, 11) is 0. The third-order valence-corrected chi connectivity index (χ3v) is 3.79. The highest BCUT2D eigenvalue weighted by molar-refractivity contribution is 6.30. The summed E-state index contributed by atoms with van der Waals surface area (Å²) in [4.78, 5) is 1.76. The van der Waals surface area contributed by atoms with Crippen LogP contribution in [0, 0.1) is 5.82 Å². The fourth-order valence-electron chi connectivity index (χ4n) is 2.51. The fourth-order valence-corrected chi connectivity index (χ4v) is 2.68. The van der Waals surface area contributed by atoms with E-state index >= 15 is 0 Å². The molecule has 1 heterocycles. The maximum atomic E-state index is 14.3. The normalized spacial score (nSPS) is 18.5. The Hall–Kier alpha value is -1.11. The molecule has 0 saturated carbocycles. The van der Waals surface area contributed by atoms with Crippen molar-refractivity contribution in [1.29, 1.82) is 0 Å². The van der Waals surface area contributed by atoms with Gasteiger partial charge in [0.05, 0.1) is 16.6 Å². The van der Waals surface area contributed by atoms with E-state index in [2.05, 4.69) is 11.9 Å². The molecule has 1 aliphatic rings. The predicted octanol–water partition coefficient (Wildman–Crippen LogP) is 3.63. The number of hydrogen-bond acceptors (Lipinski definition) is 2. The number of alkyl halides is 3. The molecular formula is C14H15ClF4N2. The van der Waals surface area contributed by atoms with Gasteiger partial charge in [-0.15, -0.1) is 6.58 Å². The van der Waals surface area contributed by atoms with Crippen molar-refractivity contribution in [2.24, 2.45) is 0 Å². The highest BCUT2D eigenvalue weighted by Gasteiger charge is 2.38. The van der Waals surface area contributed by atoms with Gasteiger partial charge in [0.25, 0.3) is 0 Å². The van der Waals surface area contributed by atoms with Crippen molar-refractivity contribution in [3.05, 3.63) is 46.8 Å². The minimum atomic E-state index is -4.64. The van der Waals surface area contributed by atoms with Crippen LogP contribution in [-0.4, -0.2) is 31.1 Å². The Morgan fingerprint density at radius 1 is 1.29 bits per heavy atom. The summed E-state index contributed by atoms with van der Waals surface area (Å²) in [5, 5.41) is 2.78. The lowest BCUT2D eigenvalue weighted by molar-refractivity contribution is -0.138. The SMILES string of the molecule is C=C[C@@H](c1c(C(F)(F)F)ccc(Cl)c1F)N1CCNCC1. The fraction of sp³-hybridized carbons (Fsp3) is 0.429. The van der Waals surface area contributed by atoms with E-state index in [9.17, 15) is 17.6 Å². The van der Waals surface area contributed by atoms with Crippen molar-refractivity contribution in [3.63, 3.8) is 0 Å². The van der Waals surface area contributed by atoms with E-state index in [4.69, 9.17) is 11.6 Å². The maximum Gasteiger partial charge on any atom is 0.416 e. The molecule has 21 heavy (non-hydrogen) atoms. The third-order valence-electron chi connectivity index (χ3n) is 3.50. The zero-order valence-corrected chi connectivity index (χ0v) is 11.9. The highest BCUT2D eigenvalue weighted by atomic mass is 35.5. The number of nitrogens with one attached hydrogen (secondary N) is 1. The maximum absolute atomic E-state index is 14.3. The first-order chi connectivity index (χ1) is 9.86. The Labute approximate surface area is 125 Å². The summed E-state index contributed by atoms with van der Waals surface area (Å²) in [6.07, 6.45) is -3.31. The second-order valence-electron chi connectivity index (χ2n) is 4.79. The first-order valence-electron chi connectivity index (χ1n) is 6.48. The average molecular weight is 323 g/mol. The van der Waals surface area contributed by atoms with Crippen LogP contribution < -0.4 is 5.32 Å². The summed E-state index contributed by atoms with van der Waals surface area (Å²) in [6, 6.07) is 0.892. The number of halogens is 5. The largest absolute Gasteiger partial charge is 0.416 e. The van der Waals surface area contributed by atoms with Gasteiger partial charge in [-0.05, 0) is 12.1 Å². The molecule has 1 aromatic rings. The van der Waals surface area contributed by atoms with Crippen molar-refractivity contribution < 1.29 is 17.6 Å². The topological polar surface area (TPSA) is 15.3 Å². The van der Waals surface area contributed by atoms with Crippen molar-refractivity contribution >= 4 is 11.6 Å². The minimum absolute atomic E-state index is 0.319. The second kappa shape index (κ2) is 6.34. The van der Waals surface area contributed by atoms with Crippen molar-refractivity contribution in [2.75, 3.05) is 26.2 Å². The monoisotopic (exact) mass is 322 g/mol. The summed E-state index contributed by atoms with van der Waals surface area (Å²) >= 11 is 5.67. The van der Waals surface area contributed by atoms with Gasteiger partial charge in [-0.1, -0.05) is 17.7 Å². The lowest BCUT2D eigenvalue weighted by atomic mass is 9.97. The number of rotatable bonds is 3. The van der Waals surface area contributed by atoms with Gasteiger partial charge in [-0.25, -0.2) is 4.39 Å². The zero-order chi connectivity index (χ0) is 15.6. The molecule has 2 nitrogen and oxygen atoms in total. The molecule has 0 aromatic heterocycles. The van der Waals surface area contributed by atoms with E-state index in [0.717, 1.165) is 12.1 Å². The summed E-state index contributed by atoms with van der Waals surface area (Å²) in [5.74, 6) is -1.03. The van der Waals surface area contributed by atoms with Crippen LogP contribution in [0.3, 0.4) is 0 Å². The van der Waals surface area contributed by atoms with Gasteiger partial charge in [0.2, 0.25) is 0 Å². The molecule has 1 N–H and O–H groups in total. The van der Waals surface area contributed by atoms with Gasteiger partial charge >= 0.3 is 6.18 Å². The molecule has 0 spiro atoms. The molecule has 1 aromatic carbocycles. The van der Waals surface area contributed by atoms with Gasteiger partial charge in [0.15, 0.2) is 0 Å². The van der Waals surface area contributed by atoms with Crippen LogP contribution in [0.15, 0.2) is 24.8 Å². The van der Waals surface area contributed by atoms with Crippen LogP contribution in [0.1, 0.15) is 17.2 Å². The first kappa shape index (κ1) is 16.3. The molecule has 1 atom stereocenters. The Kier molecular flexibility index (Phi) is 4.91. The smallest absolute Gasteiger partial charge is 0.314 e. The first-order valence-corrected chi connectivity index (χ1v) is 6.86. The number of benzene rings is 1. The van der Waals surface area contributed by atoms with E-state index in [1.807, 2.05) is 0 Å². The molecule has 1 fully saturated rings. The summed E-state index contributed by atoms with van der Waals surface area (Å²) in [6.45, 7) is 5.86. The molecule has 0 bridgehead atoms. The lowest BCUT2D eigenvalue weighted by Crippen LogP contribution is -2.45. The molecule has 1 saturated heterocycles. The van der Waals surface area contributed by atoms with Gasteiger partial charge in [-0.3, -0.25) is 4.90 Å². The molecule has 0 aliphatic carbocycles. The van der Waals surface area contributed by atoms with E-state index in [1.165, 1.54) is 6.08 Å². The van der Waals surface area contributed by atoms with Crippen LogP contribution >= 0.6 is 11.6 Å². The number of piperazine rings is 1. The molecule has 0 unspecified atom stereocenters. The van der Waals surface area contributed by atoms with Crippen LogP contribution in [-0.2, 0) is 6.18 Å². The van der Waals surface area contributed by atoms with Gasteiger partial charge < -0.3 is 5.32 Å².